The van der Waals surface area contributed by atoms with Gasteiger partial charge < -0.3 is 20.3 Å². The smallest absolute Gasteiger partial charge is 0.336 e. The molecule has 29 heavy (non-hydrogen) atoms. The van der Waals surface area contributed by atoms with E-state index >= 15 is 0 Å². The van der Waals surface area contributed by atoms with Gasteiger partial charge in [-0.1, -0.05) is 61.5 Å². The van der Waals surface area contributed by atoms with Crippen molar-refractivity contribution in [3.63, 3.8) is 0 Å². The van der Waals surface area contributed by atoms with Crippen molar-refractivity contribution in [1.29, 1.82) is 0 Å². The van der Waals surface area contributed by atoms with Gasteiger partial charge >= 0.3 is 11.9 Å². The van der Waals surface area contributed by atoms with Crippen molar-refractivity contribution >= 4 is 17.8 Å². The maximum absolute atomic E-state index is 12.3. The van der Waals surface area contributed by atoms with Gasteiger partial charge in [0.2, 0.25) is 0 Å². The average molecular weight is 397 g/mol. The number of epoxide rings is 1. The van der Waals surface area contributed by atoms with Crippen LogP contribution in [-0.2, 0) is 25.5 Å². The van der Waals surface area contributed by atoms with Crippen LogP contribution in [0.25, 0.3) is 11.1 Å². The van der Waals surface area contributed by atoms with E-state index in [2.05, 4.69) is 5.32 Å². The Bertz CT molecular complexity index is 880. The van der Waals surface area contributed by atoms with Crippen molar-refractivity contribution < 1.29 is 29.3 Å². The minimum absolute atomic E-state index is 0.228. The van der Waals surface area contributed by atoms with Crippen LogP contribution >= 0.6 is 0 Å². The standard InChI is InChI=1S/C22H23NO6/c1-13(21(25)26)11-17(23-20(24)18-19(29-18)22(27)28)12-14-7-9-16(10-8-14)15-5-3-2-4-6-15/h2-10,13,17-19H,11-12H2,1H3,(H,23,24)(H,25,26)(H,27,28). The van der Waals surface area contributed by atoms with Crippen molar-refractivity contribution in [2.24, 2.45) is 5.92 Å². The highest BCUT2D eigenvalue weighted by molar-refractivity contribution is 5.92. The highest BCUT2D eigenvalue weighted by Crippen LogP contribution is 2.24. The number of benzene rings is 2. The van der Waals surface area contributed by atoms with Gasteiger partial charge in [-0.15, -0.1) is 0 Å². The molecule has 2 aromatic carbocycles. The second-order valence-corrected chi connectivity index (χ2v) is 7.26. The first-order valence-electron chi connectivity index (χ1n) is 9.41. The zero-order valence-electron chi connectivity index (χ0n) is 15.9. The van der Waals surface area contributed by atoms with Crippen LogP contribution in [0.15, 0.2) is 54.6 Å². The number of carbonyl (C=O) groups is 3. The number of amides is 1. The summed E-state index contributed by atoms with van der Waals surface area (Å²) in [6.45, 7) is 1.58. The zero-order valence-corrected chi connectivity index (χ0v) is 15.9. The minimum Gasteiger partial charge on any atom is -0.481 e. The third-order valence-electron chi connectivity index (χ3n) is 4.94. The zero-order chi connectivity index (χ0) is 21.0. The van der Waals surface area contributed by atoms with Crippen LogP contribution in [0, 0.1) is 5.92 Å². The van der Waals surface area contributed by atoms with Gasteiger partial charge in [-0.2, -0.15) is 0 Å². The molecule has 0 aliphatic carbocycles. The summed E-state index contributed by atoms with van der Waals surface area (Å²) >= 11 is 0. The van der Waals surface area contributed by atoms with Crippen molar-refractivity contribution in [2.75, 3.05) is 0 Å². The molecule has 7 nitrogen and oxygen atoms in total. The normalized spacial score (nSPS) is 19.8. The number of hydrogen-bond donors (Lipinski definition) is 3. The van der Waals surface area contributed by atoms with Crippen LogP contribution in [0.1, 0.15) is 18.9 Å². The summed E-state index contributed by atoms with van der Waals surface area (Å²) < 4.78 is 4.88. The Morgan fingerprint density at radius 2 is 1.59 bits per heavy atom. The molecule has 1 saturated heterocycles. The molecule has 1 aliphatic heterocycles. The number of carboxylic acids is 2. The Labute approximate surface area is 168 Å². The maximum atomic E-state index is 12.3. The van der Waals surface area contributed by atoms with Crippen LogP contribution in [0.4, 0.5) is 0 Å². The van der Waals surface area contributed by atoms with Crippen molar-refractivity contribution in [3.8, 4) is 11.1 Å². The van der Waals surface area contributed by atoms with E-state index in [1.165, 1.54) is 0 Å². The molecule has 1 fully saturated rings. The first kappa shape index (κ1) is 20.5. The molecule has 0 aromatic heterocycles. The summed E-state index contributed by atoms with van der Waals surface area (Å²) in [5.41, 5.74) is 3.09. The van der Waals surface area contributed by atoms with Crippen LogP contribution in [0.3, 0.4) is 0 Å². The molecular formula is C22H23NO6. The fourth-order valence-electron chi connectivity index (χ4n) is 3.25. The summed E-state index contributed by atoms with van der Waals surface area (Å²) in [6, 6.07) is 17.3. The molecule has 4 unspecified atom stereocenters. The number of nitrogens with one attached hydrogen (secondary N) is 1. The first-order chi connectivity index (χ1) is 13.8. The summed E-state index contributed by atoms with van der Waals surface area (Å²) in [5, 5.41) is 20.9. The van der Waals surface area contributed by atoms with Gasteiger partial charge in [0, 0.05) is 6.04 Å². The third-order valence-corrected chi connectivity index (χ3v) is 4.94. The SMILES string of the molecule is CC(CC(Cc1ccc(-c2ccccc2)cc1)NC(=O)C1OC1C(=O)O)C(=O)O. The van der Waals surface area contributed by atoms with Gasteiger partial charge in [0.05, 0.1) is 5.92 Å². The Morgan fingerprint density at radius 3 is 2.14 bits per heavy atom. The molecule has 1 aliphatic rings. The van der Waals surface area contributed by atoms with E-state index in [0.29, 0.717) is 6.42 Å². The van der Waals surface area contributed by atoms with Gasteiger partial charge in [-0.25, -0.2) is 4.79 Å². The predicted molar refractivity (Wildman–Crippen MR) is 105 cm³/mol. The lowest BCUT2D eigenvalue weighted by atomic mass is 9.94. The molecule has 1 amide bonds. The van der Waals surface area contributed by atoms with Crippen LogP contribution in [0.5, 0.6) is 0 Å². The van der Waals surface area contributed by atoms with E-state index in [4.69, 9.17) is 9.84 Å². The summed E-state index contributed by atoms with van der Waals surface area (Å²) in [7, 11) is 0. The molecule has 3 rings (SSSR count). The third kappa shape index (κ3) is 5.42. The number of aliphatic carboxylic acids is 2. The number of rotatable bonds is 9. The van der Waals surface area contributed by atoms with E-state index < -0.39 is 42.0 Å². The van der Waals surface area contributed by atoms with Crippen LogP contribution < -0.4 is 5.32 Å². The molecule has 0 bridgehead atoms. The predicted octanol–water partition coefficient (Wildman–Crippen LogP) is 2.34. The molecule has 1 heterocycles. The van der Waals surface area contributed by atoms with Crippen molar-refractivity contribution in [3.05, 3.63) is 60.2 Å². The first-order valence-corrected chi connectivity index (χ1v) is 9.41. The highest BCUT2D eigenvalue weighted by Gasteiger charge is 2.51. The molecule has 0 spiro atoms. The lowest BCUT2D eigenvalue weighted by Gasteiger charge is -2.20. The minimum atomic E-state index is -1.18. The Hall–Kier alpha value is -3.19. The summed E-state index contributed by atoms with van der Waals surface area (Å²) in [4.78, 5) is 34.4. The van der Waals surface area contributed by atoms with Gasteiger partial charge in [0.15, 0.2) is 12.2 Å². The van der Waals surface area contributed by atoms with Crippen LogP contribution in [-0.4, -0.2) is 46.3 Å². The molecular weight excluding hydrogens is 374 g/mol. The maximum Gasteiger partial charge on any atom is 0.336 e. The van der Waals surface area contributed by atoms with Gasteiger partial charge in [-0.3, -0.25) is 9.59 Å². The topological polar surface area (TPSA) is 116 Å². The number of carbonyl (C=O) groups excluding carboxylic acids is 1. The largest absolute Gasteiger partial charge is 0.481 e. The highest BCUT2D eigenvalue weighted by atomic mass is 16.6. The lowest BCUT2D eigenvalue weighted by molar-refractivity contribution is -0.142. The second kappa shape index (κ2) is 8.87. The van der Waals surface area contributed by atoms with E-state index in [1.807, 2.05) is 54.6 Å². The Kier molecular flexibility index (Phi) is 6.29. The molecule has 2 aromatic rings. The van der Waals surface area contributed by atoms with Crippen LogP contribution in [0.2, 0.25) is 0 Å². The fourth-order valence-corrected chi connectivity index (χ4v) is 3.25. The summed E-state index contributed by atoms with van der Waals surface area (Å²) in [5.74, 6) is -3.31. The second-order valence-electron chi connectivity index (χ2n) is 7.26. The molecule has 3 N–H and O–H groups in total. The van der Waals surface area contributed by atoms with E-state index in [1.54, 1.807) is 6.92 Å². The Morgan fingerprint density at radius 1 is 0.966 bits per heavy atom. The van der Waals surface area contributed by atoms with Crippen molar-refractivity contribution in [2.45, 2.75) is 38.0 Å². The number of hydrogen-bond acceptors (Lipinski definition) is 4. The molecule has 0 radical (unpaired) electrons. The Balaban J connectivity index is 1.68. The summed E-state index contributed by atoms with van der Waals surface area (Å²) in [6.07, 6.45) is -1.48. The molecule has 7 heteroatoms. The fraction of sp³-hybridized carbons (Fsp3) is 0.318. The number of carboxylic acid groups (broad SMARTS) is 2. The van der Waals surface area contributed by atoms with Gasteiger partial charge in [-0.05, 0) is 29.5 Å². The monoisotopic (exact) mass is 397 g/mol. The molecule has 152 valence electrons. The molecule has 4 atom stereocenters. The average Bonchev–Trinajstić information content (AvgIpc) is 3.50. The van der Waals surface area contributed by atoms with Gasteiger partial charge in [0.25, 0.3) is 5.91 Å². The number of ether oxygens (including phenoxy) is 1. The van der Waals surface area contributed by atoms with E-state index in [0.717, 1.165) is 16.7 Å². The van der Waals surface area contributed by atoms with E-state index in [-0.39, 0.29) is 6.42 Å². The van der Waals surface area contributed by atoms with Crippen molar-refractivity contribution in [1.82, 2.24) is 5.32 Å². The quantitative estimate of drug-likeness (QED) is 0.559. The van der Waals surface area contributed by atoms with Gasteiger partial charge in [0.1, 0.15) is 0 Å². The lowest BCUT2D eigenvalue weighted by Crippen LogP contribution is -2.41. The molecule has 0 saturated carbocycles. The van der Waals surface area contributed by atoms with E-state index in [9.17, 15) is 19.5 Å².